The molecule has 11 heteroatoms. The second-order valence-electron chi connectivity index (χ2n) is 8.87. The van der Waals surface area contributed by atoms with E-state index in [1.807, 2.05) is 11.0 Å². The van der Waals surface area contributed by atoms with Crippen LogP contribution < -0.4 is 20.3 Å². The number of amidine groups is 1. The van der Waals surface area contributed by atoms with Crippen molar-refractivity contribution < 1.29 is 22.7 Å². The first-order chi connectivity index (χ1) is 16.8. The summed E-state index contributed by atoms with van der Waals surface area (Å²) >= 11 is 0. The molecule has 1 aromatic heterocycles. The van der Waals surface area contributed by atoms with Crippen LogP contribution in [0.4, 0.5) is 24.7 Å². The van der Waals surface area contributed by atoms with Crippen LogP contribution in [0.2, 0.25) is 0 Å². The van der Waals surface area contributed by atoms with Gasteiger partial charge in [-0.1, -0.05) is 12.1 Å². The van der Waals surface area contributed by atoms with E-state index in [2.05, 4.69) is 20.5 Å². The van der Waals surface area contributed by atoms with Gasteiger partial charge in [0, 0.05) is 44.2 Å². The largest absolute Gasteiger partial charge is 0.493 e. The molecule has 0 spiro atoms. The van der Waals surface area contributed by atoms with E-state index in [0.29, 0.717) is 50.4 Å². The number of nitrogens with zero attached hydrogens (tertiary/aromatic N) is 4. The van der Waals surface area contributed by atoms with Crippen LogP contribution >= 0.6 is 0 Å². The first-order valence-corrected chi connectivity index (χ1v) is 11.7. The van der Waals surface area contributed by atoms with Crippen molar-refractivity contribution in [2.24, 2.45) is 4.99 Å². The van der Waals surface area contributed by atoms with Crippen molar-refractivity contribution in [3.8, 4) is 5.75 Å². The zero-order valence-electron chi connectivity index (χ0n) is 19.4. The van der Waals surface area contributed by atoms with E-state index in [9.17, 15) is 18.0 Å². The van der Waals surface area contributed by atoms with Gasteiger partial charge in [0.15, 0.2) is 0 Å². The Labute approximate surface area is 201 Å². The number of piperazine rings is 1. The highest BCUT2D eigenvalue weighted by atomic mass is 19.4. The number of amides is 1. The predicted octanol–water partition coefficient (Wildman–Crippen LogP) is 3.23. The summed E-state index contributed by atoms with van der Waals surface area (Å²) in [4.78, 5) is 24.9. The number of rotatable bonds is 1. The molecule has 1 fully saturated rings. The normalized spacial score (nSPS) is 20.2. The van der Waals surface area contributed by atoms with Crippen LogP contribution in [0.25, 0.3) is 0 Å². The average molecular weight is 489 g/mol. The average Bonchev–Trinajstić information content (AvgIpc) is 2.87. The van der Waals surface area contributed by atoms with E-state index in [4.69, 9.17) is 9.73 Å². The fourth-order valence-corrected chi connectivity index (χ4v) is 4.65. The van der Waals surface area contributed by atoms with Crippen molar-refractivity contribution in [2.75, 3.05) is 43.0 Å². The minimum atomic E-state index is -4.51. The van der Waals surface area contributed by atoms with Gasteiger partial charge in [-0.2, -0.15) is 13.2 Å². The van der Waals surface area contributed by atoms with Crippen molar-refractivity contribution in [1.29, 1.82) is 0 Å². The van der Waals surface area contributed by atoms with E-state index >= 15 is 0 Å². The maximum Gasteiger partial charge on any atom is 0.419 e. The van der Waals surface area contributed by atoms with Crippen molar-refractivity contribution in [1.82, 2.24) is 15.2 Å². The number of benzene rings is 1. The van der Waals surface area contributed by atoms with Gasteiger partial charge < -0.3 is 25.2 Å². The minimum Gasteiger partial charge on any atom is -0.493 e. The number of hydrogen-bond acceptors (Lipinski definition) is 7. The summed E-state index contributed by atoms with van der Waals surface area (Å²) in [5.41, 5.74) is 1.25. The number of halogens is 3. The highest BCUT2D eigenvalue weighted by Gasteiger charge is 2.35. The molecular weight excluding hydrogens is 461 g/mol. The van der Waals surface area contributed by atoms with E-state index in [1.165, 1.54) is 6.07 Å². The third-order valence-electron chi connectivity index (χ3n) is 6.53. The number of aromatic nitrogens is 1. The summed E-state index contributed by atoms with van der Waals surface area (Å²) < 4.78 is 46.4. The lowest BCUT2D eigenvalue weighted by molar-refractivity contribution is -0.139. The number of anilines is 2. The Bertz CT molecular complexity index is 1140. The van der Waals surface area contributed by atoms with Crippen LogP contribution in [0.15, 0.2) is 35.5 Å². The lowest BCUT2D eigenvalue weighted by Crippen LogP contribution is -2.49. The summed E-state index contributed by atoms with van der Waals surface area (Å²) in [6.45, 7) is 4.39. The standard InChI is InChI=1S/C24H27F3N6O2/c1-15(34)32-7-9-33(10-8-32)21-12-17-19(14-28-21)30-20-6-3-11-35-22-16(13-29-23(17)31-20)4-2-5-18(22)24(25,26)27/h2,4-5,12,14,20,30H,3,6-11,13H2,1H3,(H,29,31). The van der Waals surface area contributed by atoms with E-state index in [1.54, 1.807) is 19.2 Å². The second-order valence-corrected chi connectivity index (χ2v) is 8.87. The first kappa shape index (κ1) is 23.3. The minimum absolute atomic E-state index is 0.0443. The van der Waals surface area contributed by atoms with Gasteiger partial charge >= 0.3 is 6.18 Å². The monoisotopic (exact) mass is 488 g/mol. The third kappa shape index (κ3) is 4.85. The van der Waals surface area contributed by atoms with Crippen molar-refractivity contribution in [2.45, 2.75) is 38.7 Å². The molecule has 1 atom stereocenters. The molecule has 3 aliphatic heterocycles. The topological polar surface area (TPSA) is 82.1 Å². The van der Waals surface area contributed by atoms with Gasteiger partial charge in [0.05, 0.1) is 36.8 Å². The molecule has 186 valence electrons. The molecule has 2 aromatic rings. The molecule has 1 unspecified atom stereocenters. The van der Waals surface area contributed by atoms with Crippen LogP contribution in [0.3, 0.4) is 0 Å². The number of alkyl halides is 3. The number of carbonyl (C=O) groups excluding carboxylic acids is 1. The van der Waals surface area contributed by atoms with Crippen LogP contribution in [0.1, 0.15) is 36.5 Å². The molecule has 4 heterocycles. The Morgan fingerprint density at radius 3 is 2.71 bits per heavy atom. The molecule has 0 radical (unpaired) electrons. The SMILES string of the molecule is CC(=O)N1CCN(c2cc3c(cn2)NC2CCCOc4c(cccc4C(F)(F)F)CN=C3N2)CC1. The van der Waals surface area contributed by atoms with Crippen molar-refractivity contribution in [3.05, 3.63) is 47.2 Å². The molecule has 1 amide bonds. The van der Waals surface area contributed by atoms with Crippen LogP contribution in [0, 0.1) is 0 Å². The maximum absolute atomic E-state index is 13.6. The van der Waals surface area contributed by atoms with Gasteiger partial charge in [0.25, 0.3) is 0 Å². The zero-order valence-corrected chi connectivity index (χ0v) is 19.4. The van der Waals surface area contributed by atoms with Gasteiger partial charge in [0.2, 0.25) is 5.91 Å². The zero-order chi connectivity index (χ0) is 24.6. The number of nitrogens with one attached hydrogen (secondary N) is 2. The highest BCUT2D eigenvalue weighted by Crippen LogP contribution is 2.39. The molecule has 1 saturated heterocycles. The molecule has 8 nitrogen and oxygen atoms in total. The fraction of sp³-hybridized carbons (Fsp3) is 0.458. The van der Waals surface area contributed by atoms with Crippen LogP contribution in [-0.2, 0) is 17.5 Å². The lowest BCUT2D eigenvalue weighted by Gasteiger charge is -2.36. The van der Waals surface area contributed by atoms with E-state index in [-0.39, 0.29) is 31.0 Å². The summed E-state index contributed by atoms with van der Waals surface area (Å²) in [7, 11) is 0. The quantitative estimate of drug-likeness (QED) is 0.642. The molecule has 35 heavy (non-hydrogen) atoms. The molecule has 2 bridgehead atoms. The van der Waals surface area contributed by atoms with E-state index < -0.39 is 11.7 Å². The summed E-state index contributed by atoms with van der Waals surface area (Å²) in [6, 6.07) is 6.00. The third-order valence-corrected chi connectivity index (χ3v) is 6.53. The fourth-order valence-electron chi connectivity index (χ4n) is 4.65. The summed E-state index contributed by atoms with van der Waals surface area (Å²) in [5, 5.41) is 6.81. The first-order valence-electron chi connectivity index (χ1n) is 11.7. The molecule has 3 aliphatic rings. The number of hydrogen-bond donors (Lipinski definition) is 2. The number of pyridine rings is 1. The molecule has 2 N–H and O–H groups in total. The van der Waals surface area contributed by atoms with Gasteiger partial charge in [-0.05, 0) is 25.0 Å². The van der Waals surface area contributed by atoms with Crippen molar-refractivity contribution >= 4 is 23.2 Å². The lowest BCUT2D eigenvalue weighted by atomic mass is 10.1. The Morgan fingerprint density at radius 2 is 1.97 bits per heavy atom. The smallest absolute Gasteiger partial charge is 0.419 e. The number of carbonyl (C=O) groups is 1. The molecule has 1 aromatic carbocycles. The Balaban J connectivity index is 1.47. The van der Waals surface area contributed by atoms with Crippen molar-refractivity contribution in [3.63, 3.8) is 0 Å². The number of fused-ring (bicyclic) bond motifs is 5. The summed E-state index contributed by atoms with van der Waals surface area (Å²) in [6.07, 6.45) is -1.67. The number of para-hydroxylation sites is 1. The maximum atomic E-state index is 13.6. The number of aliphatic imine (C=N–C) groups is 1. The van der Waals surface area contributed by atoms with Gasteiger partial charge in [-0.25, -0.2) is 4.98 Å². The summed E-state index contributed by atoms with van der Waals surface area (Å²) in [5.74, 6) is 1.30. The van der Waals surface area contributed by atoms with E-state index in [0.717, 1.165) is 23.1 Å². The van der Waals surface area contributed by atoms with Crippen LogP contribution in [-0.4, -0.2) is 60.6 Å². The molecule has 0 saturated carbocycles. The predicted molar refractivity (Wildman–Crippen MR) is 126 cm³/mol. The Hall–Kier alpha value is -3.50. The Morgan fingerprint density at radius 1 is 1.17 bits per heavy atom. The molecule has 0 aliphatic carbocycles. The molecule has 5 rings (SSSR count). The van der Waals surface area contributed by atoms with Gasteiger partial charge in [-0.15, -0.1) is 0 Å². The Kier molecular flexibility index (Phi) is 6.16. The van der Waals surface area contributed by atoms with Crippen LogP contribution in [0.5, 0.6) is 5.75 Å². The highest BCUT2D eigenvalue weighted by molar-refractivity contribution is 6.05. The second kappa shape index (κ2) is 9.27. The number of ether oxygens (including phenoxy) is 1. The van der Waals surface area contributed by atoms with Gasteiger partial charge in [-0.3, -0.25) is 9.79 Å². The molecular formula is C24H27F3N6O2. The van der Waals surface area contributed by atoms with Gasteiger partial charge in [0.1, 0.15) is 17.4 Å².